The van der Waals surface area contributed by atoms with Gasteiger partial charge in [-0.25, -0.2) is 9.89 Å². The van der Waals surface area contributed by atoms with Crippen molar-refractivity contribution in [2.75, 3.05) is 11.4 Å². The smallest absolute Gasteiger partial charge is 0.340 e. The van der Waals surface area contributed by atoms with Crippen LogP contribution in [0.15, 0.2) is 23.0 Å². The molecule has 0 amide bonds. The van der Waals surface area contributed by atoms with Crippen molar-refractivity contribution >= 4 is 23.0 Å². The number of benzene rings is 1. The molecule has 1 saturated heterocycles. The minimum atomic E-state index is -0.444. The van der Waals surface area contributed by atoms with Crippen molar-refractivity contribution in [2.24, 2.45) is 0 Å². The highest BCUT2D eigenvalue weighted by Gasteiger charge is 2.31. The third-order valence-electron chi connectivity index (χ3n) is 3.78. The molecule has 8 nitrogen and oxygen atoms in total. The summed E-state index contributed by atoms with van der Waals surface area (Å²) >= 11 is 5.87. The van der Waals surface area contributed by atoms with Gasteiger partial charge in [-0.2, -0.15) is 5.10 Å². The van der Waals surface area contributed by atoms with E-state index in [0.29, 0.717) is 23.1 Å². The molecule has 1 aliphatic heterocycles. The van der Waals surface area contributed by atoms with Gasteiger partial charge in [-0.1, -0.05) is 11.6 Å². The van der Waals surface area contributed by atoms with Gasteiger partial charge < -0.3 is 4.90 Å². The summed E-state index contributed by atoms with van der Waals surface area (Å²) in [6, 6.07) is 4.41. The summed E-state index contributed by atoms with van der Waals surface area (Å²) in [5, 5.41) is 17.9. The van der Waals surface area contributed by atoms with Crippen LogP contribution in [0.3, 0.4) is 0 Å². The molecular formula is C13H14ClN5O3. The molecule has 1 atom stereocenters. The maximum Gasteiger partial charge on any atom is 0.340 e. The largest absolute Gasteiger partial charge is 0.356 e. The average molecular weight is 324 g/mol. The molecule has 0 saturated carbocycles. The molecular weight excluding hydrogens is 310 g/mol. The fourth-order valence-corrected chi connectivity index (χ4v) is 3.00. The van der Waals surface area contributed by atoms with Crippen LogP contribution in [0.25, 0.3) is 0 Å². The first-order valence-electron chi connectivity index (χ1n) is 6.91. The summed E-state index contributed by atoms with van der Waals surface area (Å²) in [5.74, 6) is 0.494. The van der Waals surface area contributed by atoms with Crippen LogP contribution < -0.4 is 10.6 Å². The second-order valence-electron chi connectivity index (χ2n) is 5.16. The molecule has 1 aromatic heterocycles. The molecule has 1 aromatic carbocycles. The zero-order valence-electron chi connectivity index (χ0n) is 11.6. The average Bonchev–Trinajstić information content (AvgIpc) is 2.93. The highest BCUT2D eigenvalue weighted by atomic mass is 35.5. The Morgan fingerprint density at radius 3 is 2.91 bits per heavy atom. The zero-order chi connectivity index (χ0) is 15.7. The maximum atomic E-state index is 11.3. The zero-order valence-corrected chi connectivity index (χ0v) is 12.3. The maximum absolute atomic E-state index is 11.3. The lowest BCUT2D eigenvalue weighted by Gasteiger charge is -2.35. The second-order valence-corrected chi connectivity index (χ2v) is 5.59. The van der Waals surface area contributed by atoms with E-state index in [1.54, 1.807) is 12.1 Å². The number of piperidine rings is 1. The van der Waals surface area contributed by atoms with Gasteiger partial charge in [0, 0.05) is 17.6 Å². The van der Waals surface area contributed by atoms with E-state index < -0.39 is 4.92 Å². The fourth-order valence-electron chi connectivity index (χ4n) is 2.83. The van der Waals surface area contributed by atoms with E-state index in [4.69, 9.17) is 11.6 Å². The van der Waals surface area contributed by atoms with Gasteiger partial charge in [-0.3, -0.25) is 15.1 Å². The van der Waals surface area contributed by atoms with Crippen LogP contribution in [0.5, 0.6) is 0 Å². The molecule has 1 aliphatic rings. The predicted octanol–water partition coefficient (Wildman–Crippen LogP) is 2.39. The fraction of sp³-hybridized carbons (Fsp3) is 0.385. The van der Waals surface area contributed by atoms with Crippen LogP contribution in [-0.4, -0.2) is 26.6 Å². The van der Waals surface area contributed by atoms with Crippen LogP contribution in [0.2, 0.25) is 5.02 Å². The number of nitro groups is 1. The van der Waals surface area contributed by atoms with Crippen molar-refractivity contribution < 1.29 is 4.92 Å². The Hall–Kier alpha value is -2.35. The topological polar surface area (TPSA) is 108 Å². The molecule has 0 spiro atoms. The molecule has 0 radical (unpaired) electrons. The number of hydrogen-bond acceptors (Lipinski definition) is 5. The van der Waals surface area contributed by atoms with Crippen LogP contribution in [0.4, 0.5) is 11.4 Å². The van der Waals surface area contributed by atoms with Crippen LogP contribution >= 0.6 is 11.6 Å². The highest BCUT2D eigenvalue weighted by molar-refractivity contribution is 6.30. The van der Waals surface area contributed by atoms with E-state index in [1.807, 2.05) is 4.90 Å². The number of aromatic nitrogens is 3. The number of aromatic amines is 2. The monoisotopic (exact) mass is 323 g/mol. The van der Waals surface area contributed by atoms with E-state index >= 15 is 0 Å². The lowest BCUT2D eigenvalue weighted by Crippen LogP contribution is -2.34. The summed E-state index contributed by atoms with van der Waals surface area (Å²) in [4.78, 5) is 26.7. The van der Waals surface area contributed by atoms with Gasteiger partial charge in [0.15, 0.2) is 5.82 Å². The SMILES string of the molecule is O=c1[nH]nc(C2CCCCN2c2ccc(Cl)cc2[N+](=O)[O-])[nH]1. The summed E-state index contributed by atoms with van der Waals surface area (Å²) < 4.78 is 0. The Bertz CT molecular complexity index is 756. The molecule has 116 valence electrons. The Morgan fingerprint density at radius 2 is 2.23 bits per heavy atom. The Kier molecular flexibility index (Phi) is 3.84. The van der Waals surface area contributed by atoms with Crippen molar-refractivity contribution in [3.8, 4) is 0 Å². The normalized spacial score (nSPS) is 18.4. The third kappa shape index (κ3) is 2.69. The van der Waals surface area contributed by atoms with E-state index in [0.717, 1.165) is 19.3 Å². The number of H-pyrrole nitrogens is 2. The Labute approximate surface area is 130 Å². The summed E-state index contributed by atoms with van der Waals surface area (Å²) in [7, 11) is 0. The van der Waals surface area contributed by atoms with Gasteiger partial charge in [0.2, 0.25) is 0 Å². The van der Waals surface area contributed by atoms with E-state index in [-0.39, 0.29) is 17.4 Å². The lowest BCUT2D eigenvalue weighted by molar-refractivity contribution is -0.384. The number of halogens is 1. The van der Waals surface area contributed by atoms with Crippen molar-refractivity contribution in [1.29, 1.82) is 0 Å². The Morgan fingerprint density at radius 1 is 1.41 bits per heavy atom. The number of hydrogen-bond donors (Lipinski definition) is 2. The molecule has 2 aromatic rings. The number of nitrogens with one attached hydrogen (secondary N) is 2. The third-order valence-corrected chi connectivity index (χ3v) is 4.02. The van der Waals surface area contributed by atoms with Gasteiger partial charge in [-0.15, -0.1) is 0 Å². The minimum Gasteiger partial charge on any atom is -0.356 e. The first-order chi connectivity index (χ1) is 10.6. The summed E-state index contributed by atoms with van der Waals surface area (Å²) in [6.45, 7) is 0.655. The van der Waals surface area contributed by atoms with E-state index in [2.05, 4.69) is 15.2 Å². The predicted molar refractivity (Wildman–Crippen MR) is 81.3 cm³/mol. The molecule has 0 bridgehead atoms. The molecule has 22 heavy (non-hydrogen) atoms. The van der Waals surface area contributed by atoms with Crippen molar-refractivity contribution in [3.63, 3.8) is 0 Å². The van der Waals surface area contributed by atoms with Gasteiger partial charge in [0.25, 0.3) is 5.69 Å². The molecule has 1 fully saturated rings. The Balaban J connectivity index is 2.04. The first-order valence-corrected chi connectivity index (χ1v) is 7.29. The molecule has 0 aliphatic carbocycles. The second kappa shape index (κ2) is 5.80. The van der Waals surface area contributed by atoms with Gasteiger partial charge >= 0.3 is 5.69 Å². The highest BCUT2D eigenvalue weighted by Crippen LogP contribution is 2.39. The molecule has 9 heteroatoms. The standard InChI is InChI=1S/C13H14ClN5O3/c14-8-4-5-9(11(7-8)19(21)22)18-6-2-1-3-10(18)12-15-13(20)17-16-12/h4-5,7,10H,1-3,6H2,(H2,15,16,17,20). The quantitative estimate of drug-likeness (QED) is 0.666. The van der Waals surface area contributed by atoms with E-state index in [1.165, 1.54) is 6.07 Å². The van der Waals surface area contributed by atoms with Crippen molar-refractivity contribution in [2.45, 2.75) is 25.3 Å². The minimum absolute atomic E-state index is 0.0442. The number of rotatable bonds is 3. The molecule has 2 heterocycles. The van der Waals surface area contributed by atoms with Crippen molar-refractivity contribution in [1.82, 2.24) is 15.2 Å². The van der Waals surface area contributed by atoms with Crippen LogP contribution in [-0.2, 0) is 0 Å². The van der Waals surface area contributed by atoms with Gasteiger partial charge in [-0.05, 0) is 31.4 Å². The molecule has 1 unspecified atom stereocenters. The molecule has 3 rings (SSSR count). The van der Waals surface area contributed by atoms with Crippen LogP contribution in [0.1, 0.15) is 31.1 Å². The first kappa shape index (κ1) is 14.6. The number of anilines is 1. The number of nitrogens with zero attached hydrogens (tertiary/aromatic N) is 3. The van der Waals surface area contributed by atoms with E-state index in [9.17, 15) is 14.9 Å². The van der Waals surface area contributed by atoms with Crippen molar-refractivity contribution in [3.05, 3.63) is 49.6 Å². The number of nitro benzene ring substituents is 1. The van der Waals surface area contributed by atoms with Crippen LogP contribution in [0, 0.1) is 10.1 Å². The summed E-state index contributed by atoms with van der Waals surface area (Å²) in [5.41, 5.74) is 0.0614. The van der Waals surface area contributed by atoms with Gasteiger partial charge in [0.05, 0.1) is 11.0 Å². The summed E-state index contributed by atoms with van der Waals surface area (Å²) in [6.07, 6.45) is 2.66. The lowest BCUT2D eigenvalue weighted by atomic mass is 10.00. The molecule has 2 N–H and O–H groups in total. The van der Waals surface area contributed by atoms with Gasteiger partial charge in [0.1, 0.15) is 5.69 Å².